The molecule has 4 heteroatoms. The van der Waals surface area contributed by atoms with Crippen molar-refractivity contribution in [1.29, 1.82) is 0 Å². The zero-order chi connectivity index (χ0) is 14.9. The molecule has 0 amide bonds. The van der Waals surface area contributed by atoms with Gasteiger partial charge in [-0.25, -0.2) is 0 Å². The number of nitrogens with one attached hydrogen (secondary N) is 1. The molecule has 4 nitrogen and oxygen atoms in total. The second-order valence-corrected chi connectivity index (χ2v) is 6.10. The summed E-state index contributed by atoms with van der Waals surface area (Å²) in [7, 11) is 4.05. The molecule has 1 aliphatic rings. The Hall–Kier alpha value is -1.55. The first-order valence-electron chi connectivity index (χ1n) is 7.17. The van der Waals surface area contributed by atoms with Crippen LogP contribution in [0.2, 0.25) is 0 Å². The van der Waals surface area contributed by atoms with Gasteiger partial charge in [-0.15, -0.1) is 0 Å². The predicted molar refractivity (Wildman–Crippen MR) is 81.3 cm³/mol. The van der Waals surface area contributed by atoms with Crippen molar-refractivity contribution in [1.82, 2.24) is 5.32 Å². The molecule has 1 aromatic rings. The minimum atomic E-state index is -0.702. The first kappa shape index (κ1) is 14.9. The third kappa shape index (κ3) is 2.96. The van der Waals surface area contributed by atoms with Gasteiger partial charge in [-0.2, -0.15) is 0 Å². The van der Waals surface area contributed by atoms with Crippen molar-refractivity contribution in [2.24, 2.45) is 5.92 Å². The Bertz CT molecular complexity index is 497. The van der Waals surface area contributed by atoms with E-state index in [2.05, 4.69) is 42.3 Å². The van der Waals surface area contributed by atoms with Gasteiger partial charge in [0.05, 0.1) is 5.92 Å². The van der Waals surface area contributed by atoms with E-state index in [1.807, 2.05) is 14.1 Å². The second kappa shape index (κ2) is 5.83. The number of hydrogen-bond acceptors (Lipinski definition) is 3. The van der Waals surface area contributed by atoms with Crippen LogP contribution in [0.15, 0.2) is 18.2 Å². The molecule has 2 atom stereocenters. The average Bonchev–Trinajstić information content (AvgIpc) is 2.87. The number of carboxylic acid groups (broad SMARTS) is 1. The van der Waals surface area contributed by atoms with Crippen LogP contribution in [0.1, 0.15) is 43.4 Å². The Morgan fingerprint density at radius 1 is 1.40 bits per heavy atom. The van der Waals surface area contributed by atoms with Gasteiger partial charge in [-0.3, -0.25) is 4.79 Å². The molecular formula is C16H24N2O2. The maximum Gasteiger partial charge on any atom is 0.307 e. The quantitative estimate of drug-likeness (QED) is 0.887. The third-order valence-corrected chi connectivity index (χ3v) is 4.06. The highest BCUT2D eigenvalue weighted by molar-refractivity contribution is 5.71. The Morgan fingerprint density at radius 2 is 2.10 bits per heavy atom. The summed E-state index contributed by atoms with van der Waals surface area (Å²) in [6, 6.07) is 6.65. The van der Waals surface area contributed by atoms with Crippen LogP contribution < -0.4 is 10.2 Å². The van der Waals surface area contributed by atoms with E-state index in [4.69, 9.17) is 5.11 Å². The zero-order valence-electron chi connectivity index (χ0n) is 12.7. The normalized spacial score (nSPS) is 22.2. The molecule has 0 saturated carbocycles. The number of aliphatic carboxylic acids is 1. The number of hydrogen-bond donors (Lipinski definition) is 2. The molecule has 2 rings (SSSR count). The molecule has 0 aromatic heterocycles. The van der Waals surface area contributed by atoms with E-state index in [0.29, 0.717) is 18.9 Å². The van der Waals surface area contributed by atoms with Gasteiger partial charge in [0.15, 0.2) is 0 Å². The van der Waals surface area contributed by atoms with Crippen molar-refractivity contribution in [3.8, 4) is 0 Å². The topological polar surface area (TPSA) is 52.6 Å². The molecule has 0 spiro atoms. The third-order valence-electron chi connectivity index (χ3n) is 4.06. The summed E-state index contributed by atoms with van der Waals surface area (Å²) in [6.07, 6.45) is 0.664. The SMILES string of the molecule is CC(C)c1ccc(N(C)C)c(C2CC(C(=O)O)CN2)c1. The van der Waals surface area contributed by atoms with Crippen molar-refractivity contribution in [2.75, 3.05) is 25.5 Å². The predicted octanol–water partition coefficient (Wildman–Crippen LogP) is 2.61. The molecule has 1 fully saturated rings. The van der Waals surface area contributed by atoms with E-state index in [-0.39, 0.29) is 12.0 Å². The standard InChI is InChI=1S/C16H24N2O2/c1-10(2)11-5-6-15(18(3)4)13(7-11)14-8-12(9-17-14)16(19)20/h5-7,10,12,14,17H,8-9H2,1-4H3,(H,19,20). The molecule has 0 bridgehead atoms. The van der Waals surface area contributed by atoms with Gasteiger partial charge in [0.25, 0.3) is 0 Å². The fourth-order valence-corrected chi connectivity index (χ4v) is 2.78. The van der Waals surface area contributed by atoms with Gasteiger partial charge in [0, 0.05) is 32.4 Å². The van der Waals surface area contributed by atoms with Crippen LogP contribution in [-0.4, -0.2) is 31.7 Å². The van der Waals surface area contributed by atoms with Crippen LogP contribution in [0, 0.1) is 5.92 Å². The Labute approximate surface area is 120 Å². The Morgan fingerprint density at radius 3 is 2.60 bits per heavy atom. The largest absolute Gasteiger partial charge is 0.481 e. The molecule has 2 unspecified atom stereocenters. The van der Waals surface area contributed by atoms with E-state index < -0.39 is 5.97 Å². The number of anilines is 1. The minimum absolute atomic E-state index is 0.132. The first-order chi connectivity index (χ1) is 9.40. The molecule has 0 radical (unpaired) electrons. The van der Waals surface area contributed by atoms with E-state index in [1.165, 1.54) is 11.1 Å². The lowest BCUT2D eigenvalue weighted by atomic mass is 9.93. The average molecular weight is 276 g/mol. The highest BCUT2D eigenvalue weighted by atomic mass is 16.4. The van der Waals surface area contributed by atoms with Crippen molar-refractivity contribution in [3.05, 3.63) is 29.3 Å². The van der Waals surface area contributed by atoms with Crippen LogP contribution in [0.3, 0.4) is 0 Å². The second-order valence-electron chi connectivity index (χ2n) is 6.10. The monoisotopic (exact) mass is 276 g/mol. The lowest BCUT2D eigenvalue weighted by molar-refractivity contribution is -0.141. The maximum absolute atomic E-state index is 11.1. The van der Waals surface area contributed by atoms with E-state index in [1.54, 1.807) is 0 Å². The van der Waals surface area contributed by atoms with Crippen LogP contribution in [0.4, 0.5) is 5.69 Å². The number of carbonyl (C=O) groups is 1. The molecule has 110 valence electrons. The fraction of sp³-hybridized carbons (Fsp3) is 0.562. The fourth-order valence-electron chi connectivity index (χ4n) is 2.78. The number of nitrogens with zero attached hydrogens (tertiary/aromatic N) is 1. The van der Waals surface area contributed by atoms with Gasteiger partial charge in [0.1, 0.15) is 0 Å². The highest BCUT2D eigenvalue weighted by Gasteiger charge is 2.31. The number of benzene rings is 1. The molecule has 1 heterocycles. The van der Waals surface area contributed by atoms with Gasteiger partial charge in [0.2, 0.25) is 0 Å². The molecule has 20 heavy (non-hydrogen) atoms. The molecule has 0 aliphatic carbocycles. The van der Waals surface area contributed by atoms with Crippen molar-refractivity contribution in [3.63, 3.8) is 0 Å². The van der Waals surface area contributed by atoms with Gasteiger partial charge < -0.3 is 15.3 Å². The number of carboxylic acids is 1. The summed E-state index contributed by atoms with van der Waals surface area (Å²) >= 11 is 0. The summed E-state index contributed by atoms with van der Waals surface area (Å²) in [6.45, 7) is 4.91. The summed E-state index contributed by atoms with van der Waals surface area (Å²) in [4.78, 5) is 13.2. The van der Waals surface area contributed by atoms with Crippen molar-refractivity contribution in [2.45, 2.75) is 32.2 Å². The first-order valence-corrected chi connectivity index (χ1v) is 7.17. The highest BCUT2D eigenvalue weighted by Crippen LogP contribution is 2.35. The van der Waals surface area contributed by atoms with Crippen LogP contribution in [-0.2, 0) is 4.79 Å². The smallest absolute Gasteiger partial charge is 0.307 e. The Balaban J connectivity index is 2.33. The lowest BCUT2D eigenvalue weighted by Gasteiger charge is -2.23. The van der Waals surface area contributed by atoms with Crippen molar-refractivity contribution < 1.29 is 9.90 Å². The molecule has 1 aromatic carbocycles. The summed E-state index contributed by atoms with van der Waals surface area (Å²) < 4.78 is 0. The van der Waals surface area contributed by atoms with Gasteiger partial charge in [-0.05, 0) is 29.5 Å². The Kier molecular flexibility index (Phi) is 4.33. The van der Waals surface area contributed by atoms with E-state index in [0.717, 1.165) is 5.69 Å². The van der Waals surface area contributed by atoms with Crippen LogP contribution in [0.5, 0.6) is 0 Å². The number of rotatable bonds is 4. The molecule has 1 aliphatic heterocycles. The van der Waals surface area contributed by atoms with Crippen molar-refractivity contribution >= 4 is 11.7 Å². The molecule has 2 N–H and O–H groups in total. The molecular weight excluding hydrogens is 252 g/mol. The van der Waals surface area contributed by atoms with E-state index in [9.17, 15) is 4.79 Å². The maximum atomic E-state index is 11.1. The summed E-state index contributed by atoms with van der Waals surface area (Å²) in [5, 5.41) is 12.5. The minimum Gasteiger partial charge on any atom is -0.481 e. The molecule has 1 saturated heterocycles. The van der Waals surface area contributed by atoms with Crippen LogP contribution in [0.25, 0.3) is 0 Å². The van der Waals surface area contributed by atoms with Crippen LogP contribution >= 0.6 is 0 Å². The van der Waals surface area contributed by atoms with Gasteiger partial charge in [-0.1, -0.05) is 26.0 Å². The van der Waals surface area contributed by atoms with E-state index >= 15 is 0 Å². The zero-order valence-corrected chi connectivity index (χ0v) is 12.7. The summed E-state index contributed by atoms with van der Waals surface area (Å²) in [5.41, 5.74) is 3.68. The van der Waals surface area contributed by atoms with Gasteiger partial charge >= 0.3 is 5.97 Å². The summed E-state index contributed by atoms with van der Waals surface area (Å²) in [5.74, 6) is -0.509. The lowest BCUT2D eigenvalue weighted by Crippen LogP contribution is -2.19.